The maximum atomic E-state index is 12.7. The lowest BCUT2D eigenvalue weighted by atomic mass is 10.2. The molecule has 0 saturated carbocycles. The number of carbonyl (C=O) groups is 1. The number of rotatable bonds is 4. The van der Waals surface area contributed by atoms with Crippen LogP contribution in [0.25, 0.3) is 0 Å². The van der Waals surface area contributed by atoms with E-state index >= 15 is 0 Å². The SMILES string of the molecule is Cc1cc(Oc2cc(N3CCN(C(=O)c4cccc(Cl)c4)CC3)ncn2)ccc1Cl. The maximum Gasteiger partial charge on any atom is 0.254 e. The first kappa shape index (κ1) is 20.4. The average molecular weight is 443 g/mol. The van der Waals surface area contributed by atoms with Gasteiger partial charge in [0.25, 0.3) is 5.91 Å². The summed E-state index contributed by atoms with van der Waals surface area (Å²) in [5.41, 5.74) is 1.54. The fraction of sp³-hybridized carbons (Fsp3) is 0.227. The molecule has 8 heteroatoms. The van der Waals surface area contributed by atoms with E-state index in [-0.39, 0.29) is 5.91 Å². The number of benzene rings is 2. The van der Waals surface area contributed by atoms with Gasteiger partial charge in [-0.3, -0.25) is 4.79 Å². The van der Waals surface area contributed by atoms with Crippen molar-refractivity contribution in [3.63, 3.8) is 0 Å². The predicted octanol–water partition coefficient (Wildman–Crippen LogP) is 4.85. The van der Waals surface area contributed by atoms with Crippen LogP contribution in [-0.4, -0.2) is 47.0 Å². The first-order valence-electron chi connectivity index (χ1n) is 9.55. The van der Waals surface area contributed by atoms with E-state index in [1.807, 2.05) is 17.9 Å². The first-order chi connectivity index (χ1) is 14.5. The lowest BCUT2D eigenvalue weighted by molar-refractivity contribution is 0.0746. The highest BCUT2D eigenvalue weighted by atomic mass is 35.5. The fourth-order valence-electron chi connectivity index (χ4n) is 3.30. The molecule has 1 aliphatic heterocycles. The molecule has 1 aromatic heterocycles. The summed E-state index contributed by atoms with van der Waals surface area (Å²) in [5.74, 6) is 1.88. The van der Waals surface area contributed by atoms with E-state index in [1.54, 1.807) is 42.5 Å². The Morgan fingerprint density at radius 3 is 2.53 bits per heavy atom. The number of hydrogen-bond donors (Lipinski definition) is 0. The molecule has 0 N–H and O–H groups in total. The number of aryl methyl sites for hydroxylation is 1. The lowest BCUT2D eigenvalue weighted by Crippen LogP contribution is -2.49. The Bertz CT molecular complexity index is 1070. The van der Waals surface area contributed by atoms with Crippen LogP contribution in [0.3, 0.4) is 0 Å². The van der Waals surface area contributed by atoms with Gasteiger partial charge in [0, 0.05) is 47.9 Å². The molecule has 0 radical (unpaired) electrons. The number of piperazine rings is 1. The quantitative estimate of drug-likeness (QED) is 0.577. The molecule has 1 amide bonds. The fourth-order valence-corrected chi connectivity index (χ4v) is 3.61. The third-order valence-electron chi connectivity index (χ3n) is 4.94. The zero-order valence-corrected chi connectivity index (χ0v) is 17.9. The molecule has 4 rings (SSSR count). The summed E-state index contributed by atoms with van der Waals surface area (Å²) in [7, 11) is 0. The summed E-state index contributed by atoms with van der Waals surface area (Å²) in [6, 6.07) is 14.3. The van der Waals surface area contributed by atoms with Crippen molar-refractivity contribution in [2.24, 2.45) is 0 Å². The van der Waals surface area contributed by atoms with E-state index < -0.39 is 0 Å². The Kier molecular flexibility index (Phi) is 6.06. The standard InChI is InChI=1S/C22H20Cl2N4O2/c1-15-11-18(5-6-19(15)24)30-21-13-20(25-14-26-21)27-7-9-28(10-8-27)22(29)16-3-2-4-17(23)12-16/h2-6,11-14H,7-10H2,1H3. The molecule has 30 heavy (non-hydrogen) atoms. The van der Waals surface area contributed by atoms with Crippen LogP contribution in [0.1, 0.15) is 15.9 Å². The van der Waals surface area contributed by atoms with Crippen LogP contribution in [0, 0.1) is 6.92 Å². The Labute approximate surface area is 185 Å². The van der Waals surface area contributed by atoms with E-state index in [4.69, 9.17) is 27.9 Å². The van der Waals surface area contributed by atoms with Crippen LogP contribution in [0.4, 0.5) is 5.82 Å². The Hall–Kier alpha value is -2.83. The van der Waals surface area contributed by atoms with Crippen molar-refractivity contribution < 1.29 is 9.53 Å². The third-order valence-corrected chi connectivity index (χ3v) is 5.60. The largest absolute Gasteiger partial charge is 0.439 e. The van der Waals surface area contributed by atoms with Gasteiger partial charge < -0.3 is 14.5 Å². The number of nitrogens with zero attached hydrogens (tertiary/aromatic N) is 4. The van der Waals surface area contributed by atoms with Crippen LogP contribution in [0.5, 0.6) is 11.6 Å². The van der Waals surface area contributed by atoms with Gasteiger partial charge in [-0.2, -0.15) is 0 Å². The van der Waals surface area contributed by atoms with Gasteiger partial charge in [-0.1, -0.05) is 29.3 Å². The minimum absolute atomic E-state index is 0.0121. The molecule has 1 aliphatic rings. The van der Waals surface area contributed by atoms with Crippen LogP contribution in [0.2, 0.25) is 10.0 Å². The normalized spacial score (nSPS) is 14.0. The zero-order chi connectivity index (χ0) is 21.1. The monoisotopic (exact) mass is 442 g/mol. The van der Waals surface area contributed by atoms with E-state index in [1.165, 1.54) is 6.33 Å². The average Bonchev–Trinajstić information content (AvgIpc) is 2.76. The second-order valence-electron chi connectivity index (χ2n) is 7.02. The van der Waals surface area contributed by atoms with Crippen molar-refractivity contribution in [2.45, 2.75) is 6.92 Å². The maximum absolute atomic E-state index is 12.7. The van der Waals surface area contributed by atoms with E-state index in [0.717, 1.165) is 11.4 Å². The Balaban J connectivity index is 1.40. The number of amides is 1. The summed E-state index contributed by atoms with van der Waals surface area (Å²) < 4.78 is 5.86. The van der Waals surface area contributed by atoms with Gasteiger partial charge in [-0.15, -0.1) is 0 Å². The molecule has 0 atom stereocenters. The van der Waals surface area contributed by atoms with Crippen LogP contribution < -0.4 is 9.64 Å². The highest BCUT2D eigenvalue weighted by Gasteiger charge is 2.23. The van der Waals surface area contributed by atoms with Crippen molar-refractivity contribution in [3.8, 4) is 11.6 Å². The smallest absolute Gasteiger partial charge is 0.254 e. The summed E-state index contributed by atoms with van der Waals surface area (Å²) in [6.45, 7) is 4.46. The van der Waals surface area contributed by atoms with Crippen molar-refractivity contribution in [1.82, 2.24) is 14.9 Å². The molecular formula is C22H20Cl2N4O2. The molecule has 154 valence electrons. The van der Waals surface area contributed by atoms with Crippen molar-refractivity contribution in [3.05, 3.63) is 76.0 Å². The number of halogens is 2. The van der Waals surface area contributed by atoms with Crippen LogP contribution >= 0.6 is 23.2 Å². The van der Waals surface area contributed by atoms with Crippen molar-refractivity contribution in [1.29, 1.82) is 0 Å². The van der Waals surface area contributed by atoms with Crippen LogP contribution in [-0.2, 0) is 0 Å². The Morgan fingerprint density at radius 1 is 1.00 bits per heavy atom. The second kappa shape index (κ2) is 8.90. The van der Waals surface area contributed by atoms with Gasteiger partial charge in [-0.05, 0) is 48.9 Å². The minimum atomic E-state index is -0.0121. The van der Waals surface area contributed by atoms with Gasteiger partial charge in [-0.25, -0.2) is 9.97 Å². The number of ether oxygens (including phenoxy) is 1. The number of aromatic nitrogens is 2. The summed E-state index contributed by atoms with van der Waals surface area (Å²) in [4.78, 5) is 25.2. The summed E-state index contributed by atoms with van der Waals surface area (Å²) in [6.07, 6.45) is 1.48. The molecule has 0 bridgehead atoms. The van der Waals surface area contributed by atoms with Crippen molar-refractivity contribution in [2.75, 3.05) is 31.1 Å². The molecule has 1 fully saturated rings. The molecule has 2 heterocycles. The van der Waals surface area contributed by atoms with Gasteiger partial charge in [0.1, 0.15) is 17.9 Å². The first-order valence-corrected chi connectivity index (χ1v) is 10.3. The minimum Gasteiger partial charge on any atom is -0.439 e. The predicted molar refractivity (Wildman–Crippen MR) is 118 cm³/mol. The molecular weight excluding hydrogens is 423 g/mol. The number of carbonyl (C=O) groups excluding carboxylic acids is 1. The van der Waals surface area contributed by atoms with E-state index in [0.29, 0.717) is 53.4 Å². The molecule has 2 aromatic carbocycles. The van der Waals surface area contributed by atoms with Crippen molar-refractivity contribution >= 4 is 34.9 Å². The Morgan fingerprint density at radius 2 is 1.80 bits per heavy atom. The highest BCUT2D eigenvalue weighted by molar-refractivity contribution is 6.31. The lowest BCUT2D eigenvalue weighted by Gasteiger charge is -2.35. The van der Waals surface area contributed by atoms with E-state index in [9.17, 15) is 4.79 Å². The van der Waals surface area contributed by atoms with Crippen LogP contribution in [0.15, 0.2) is 54.9 Å². The topological polar surface area (TPSA) is 58.6 Å². The molecule has 1 saturated heterocycles. The third kappa shape index (κ3) is 4.66. The summed E-state index contributed by atoms with van der Waals surface area (Å²) in [5, 5.41) is 1.25. The molecule has 0 spiro atoms. The number of anilines is 1. The van der Waals surface area contributed by atoms with Gasteiger partial charge in [0.15, 0.2) is 0 Å². The molecule has 3 aromatic rings. The number of hydrogen-bond acceptors (Lipinski definition) is 5. The van der Waals surface area contributed by atoms with Gasteiger partial charge in [0.05, 0.1) is 0 Å². The van der Waals surface area contributed by atoms with Gasteiger partial charge >= 0.3 is 0 Å². The molecule has 0 aliphatic carbocycles. The zero-order valence-electron chi connectivity index (χ0n) is 16.4. The highest BCUT2D eigenvalue weighted by Crippen LogP contribution is 2.26. The van der Waals surface area contributed by atoms with E-state index in [2.05, 4.69) is 14.9 Å². The molecule has 6 nitrogen and oxygen atoms in total. The molecule has 0 unspecified atom stereocenters. The summed E-state index contributed by atoms with van der Waals surface area (Å²) >= 11 is 12.1. The second-order valence-corrected chi connectivity index (χ2v) is 7.86. The van der Waals surface area contributed by atoms with Gasteiger partial charge in [0.2, 0.25) is 5.88 Å².